The molecule has 1 saturated heterocycles. The van der Waals surface area contributed by atoms with Gasteiger partial charge in [0.1, 0.15) is 5.82 Å². The molecule has 2 N–H and O–H groups in total. The normalized spacial score (nSPS) is 18.2. The largest absolute Gasteiger partial charge is 0.416 e. The van der Waals surface area contributed by atoms with Crippen LogP contribution >= 0.6 is 11.6 Å². The van der Waals surface area contributed by atoms with Crippen LogP contribution in [0.4, 0.5) is 17.6 Å². The van der Waals surface area contributed by atoms with Gasteiger partial charge in [0, 0.05) is 37.2 Å². The van der Waals surface area contributed by atoms with Gasteiger partial charge in [-0.25, -0.2) is 4.39 Å². The van der Waals surface area contributed by atoms with E-state index in [0.29, 0.717) is 36.5 Å². The molecule has 0 bridgehead atoms. The molecule has 196 valence electrons. The topological polar surface area (TPSA) is 44.4 Å². The number of nitrogens with one attached hydrogen (secondary N) is 2. The van der Waals surface area contributed by atoms with Crippen molar-refractivity contribution in [1.82, 2.24) is 15.5 Å². The van der Waals surface area contributed by atoms with E-state index in [0.717, 1.165) is 11.6 Å². The summed E-state index contributed by atoms with van der Waals surface area (Å²) < 4.78 is 54.1. The first-order chi connectivity index (χ1) is 17.7. The van der Waals surface area contributed by atoms with Crippen molar-refractivity contribution in [2.24, 2.45) is 0 Å². The monoisotopic (exact) mass is 533 g/mol. The smallest absolute Gasteiger partial charge is 0.354 e. The zero-order valence-corrected chi connectivity index (χ0v) is 20.8. The third kappa shape index (κ3) is 7.31. The zero-order chi connectivity index (χ0) is 26.4. The number of nitrogens with zero attached hydrogens (tertiary/aromatic N) is 1. The minimum absolute atomic E-state index is 0.0347. The Morgan fingerprint density at radius 1 is 1.00 bits per heavy atom. The lowest BCUT2D eigenvalue weighted by atomic mass is 10.1. The Bertz CT molecular complexity index is 1220. The minimum atomic E-state index is -4.44. The number of hydrogen-bond acceptors (Lipinski definition) is 3. The maximum atomic E-state index is 13.9. The molecule has 1 amide bonds. The second kappa shape index (κ2) is 12.1. The van der Waals surface area contributed by atoms with Crippen LogP contribution in [0, 0.1) is 5.82 Å². The molecule has 37 heavy (non-hydrogen) atoms. The molecule has 0 spiro atoms. The van der Waals surface area contributed by atoms with Crippen molar-refractivity contribution in [1.29, 1.82) is 0 Å². The third-order valence-electron chi connectivity index (χ3n) is 6.54. The number of rotatable bonds is 9. The number of alkyl halides is 3. The highest BCUT2D eigenvalue weighted by Crippen LogP contribution is 2.32. The van der Waals surface area contributed by atoms with Gasteiger partial charge >= 0.3 is 6.18 Å². The number of carbonyl (C=O) groups excluding carboxylic acids is 1. The SMILES string of the molecule is O=C(NCCc1ccccc1F)[C@@H]1C[C@H](NCc2ccccc2C(F)(F)F)CN1Cc1cccc(Cl)c1. The average molecular weight is 534 g/mol. The van der Waals surface area contributed by atoms with Gasteiger partial charge in [0.05, 0.1) is 11.6 Å². The molecule has 0 unspecified atom stereocenters. The predicted molar refractivity (Wildman–Crippen MR) is 135 cm³/mol. The van der Waals surface area contributed by atoms with Gasteiger partial charge < -0.3 is 10.6 Å². The van der Waals surface area contributed by atoms with Crippen molar-refractivity contribution in [3.63, 3.8) is 0 Å². The van der Waals surface area contributed by atoms with Gasteiger partial charge in [0.2, 0.25) is 5.91 Å². The summed E-state index contributed by atoms with van der Waals surface area (Å²) in [6.45, 7) is 1.25. The molecule has 3 aromatic carbocycles. The molecular weight excluding hydrogens is 506 g/mol. The first kappa shape index (κ1) is 27.1. The van der Waals surface area contributed by atoms with Crippen LogP contribution in [0.2, 0.25) is 5.02 Å². The summed E-state index contributed by atoms with van der Waals surface area (Å²) in [5, 5.41) is 6.70. The Morgan fingerprint density at radius 2 is 1.73 bits per heavy atom. The second-order valence-electron chi connectivity index (χ2n) is 9.18. The Hall–Kier alpha value is -2.94. The summed E-state index contributed by atoms with van der Waals surface area (Å²) in [6.07, 6.45) is -3.65. The number of likely N-dealkylation sites (tertiary alicyclic amines) is 1. The Kier molecular flexibility index (Phi) is 8.84. The van der Waals surface area contributed by atoms with Gasteiger partial charge in [0.15, 0.2) is 0 Å². The fourth-order valence-corrected chi connectivity index (χ4v) is 4.93. The molecular formula is C28H28ClF4N3O. The molecule has 1 aliphatic rings. The van der Waals surface area contributed by atoms with E-state index in [1.165, 1.54) is 18.2 Å². The quantitative estimate of drug-likeness (QED) is 0.352. The summed E-state index contributed by atoms with van der Waals surface area (Å²) in [5.41, 5.74) is 0.945. The molecule has 4 nitrogen and oxygen atoms in total. The van der Waals surface area contributed by atoms with Crippen LogP contribution in [0.5, 0.6) is 0 Å². The first-order valence-corrected chi connectivity index (χ1v) is 12.5. The van der Waals surface area contributed by atoms with E-state index in [2.05, 4.69) is 10.6 Å². The number of benzene rings is 3. The summed E-state index contributed by atoms with van der Waals surface area (Å²) in [7, 11) is 0. The maximum Gasteiger partial charge on any atom is 0.416 e. The molecule has 3 aromatic rings. The van der Waals surface area contributed by atoms with Gasteiger partial charge in [-0.1, -0.05) is 60.1 Å². The van der Waals surface area contributed by atoms with Crippen molar-refractivity contribution < 1.29 is 22.4 Å². The van der Waals surface area contributed by atoms with Crippen LogP contribution in [0.25, 0.3) is 0 Å². The lowest BCUT2D eigenvalue weighted by Crippen LogP contribution is -2.43. The van der Waals surface area contributed by atoms with Crippen molar-refractivity contribution in [2.75, 3.05) is 13.1 Å². The fraction of sp³-hybridized carbons (Fsp3) is 0.321. The van der Waals surface area contributed by atoms with E-state index < -0.39 is 17.8 Å². The Balaban J connectivity index is 1.42. The lowest BCUT2D eigenvalue weighted by molar-refractivity contribution is -0.138. The average Bonchev–Trinajstić information content (AvgIpc) is 3.26. The van der Waals surface area contributed by atoms with Gasteiger partial charge in [-0.3, -0.25) is 9.69 Å². The Morgan fingerprint density at radius 3 is 2.46 bits per heavy atom. The maximum absolute atomic E-state index is 13.9. The van der Waals surface area contributed by atoms with Crippen molar-refractivity contribution in [2.45, 2.75) is 44.2 Å². The van der Waals surface area contributed by atoms with Crippen molar-refractivity contribution >= 4 is 17.5 Å². The molecule has 1 heterocycles. The van der Waals surface area contributed by atoms with Crippen LogP contribution < -0.4 is 10.6 Å². The van der Waals surface area contributed by atoms with Crippen LogP contribution in [-0.4, -0.2) is 36.0 Å². The van der Waals surface area contributed by atoms with Crippen LogP contribution in [0.3, 0.4) is 0 Å². The number of halogens is 5. The summed E-state index contributed by atoms with van der Waals surface area (Å²) in [4.78, 5) is 15.1. The summed E-state index contributed by atoms with van der Waals surface area (Å²) >= 11 is 6.13. The highest BCUT2D eigenvalue weighted by Gasteiger charge is 2.37. The molecule has 9 heteroatoms. The molecule has 0 saturated carbocycles. The number of carbonyl (C=O) groups is 1. The lowest BCUT2D eigenvalue weighted by Gasteiger charge is -2.23. The first-order valence-electron chi connectivity index (χ1n) is 12.1. The standard InChI is InChI=1S/C28H28ClF4N3O/c29-22-9-5-6-19(14-22)17-36-18-23(35-16-21-8-1-3-10-24(21)28(31,32)33)15-26(36)27(37)34-13-12-20-7-2-4-11-25(20)30/h1-11,14,23,26,35H,12-13,15-18H2,(H,34,37)/t23-,26-/m0/s1. The molecule has 1 fully saturated rings. The number of amides is 1. The van der Waals surface area contributed by atoms with E-state index in [1.807, 2.05) is 23.1 Å². The minimum Gasteiger partial charge on any atom is -0.354 e. The van der Waals surface area contributed by atoms with E-state index in [9.17, 15) is 22.4 Å². The second-order valence-corrected chi connectivity index (χ2v) is 9.61. The van der Waals surface area contributed by atoms with Gasteiger partial charge in [-0.05, 0) is 53.8 Å². The number of hydrogen-bond donors (Lipinski definition) is 2. The highest BCUT2D eigenvalue weighted by atomic mass is 35.5. The molecule has 2 atom stereocenters. The fourth-order valence-electron chi connectivity index (χ4n) is 4.71. The summed E-state index contributed by atoms with van der Waals surface area (Å²) in [5.74, 6) is -0.512. The van der Waals surface area contributed by atoms with E-state index >= 15 is 0 Å². The molecule has 0 aliphatic carbocycles. The molecule has 1 aliphatic heterocycles. The van der Waals surface area contributed by atoms with E-state index in [1.54, 1.807) is 30.3 Å². The van der Waals surface area contributed by atoms with Crippen LogP contribution in [0.1, 0.15) is 28.7 Å². The predicted octanol–water partition coefficient (Wildman–Crippen LogP) is 5.59. The zero-order valence-electron chi connectivity index (χ0n) is 20.1. The van der Waals surface area contributed by atoms with Crippen molar-refractivity contribution in [3.8, 4) is 0 Å². The highest BCUT2D eigenvalue weighted by molar-refractivity contribution is 6.30. The van der Waals surface area contributed by atoms with Crippen LogP contribution in [0.15, 0.2) is 72.8 Å². The van der Waals surface area contributed by atoms with E-state index in [4.69, 9.17) is 11.6 Å². The molecule has 0 radical (unpaired) electrons. The van der Waals surface area contributed by atoms with Crippen LogP contribution in [-0.2, 0) is 30.5 Å². The van der Waals surface area contributed by atoms with Gasteiger partial charge in [-0.15, -0.1) is 0 Å². The summed E-state index contributed by atoms with van der Waals surface area (Å²) in [6, 6.07) is 18.6. The van der Waals surface area contributed by atoms with E-state index in [-0.39, 0.29) is 36.4 Å². The molecule has 4 rings (SSSR count). The van der Waals surface area contributed by atoms with Gasteiger partial charge in [0.25, 0.3) is 0 Å². The molecule has 0 aromatic heterocycles. The Labute approximate surface area is 218 Å². The van der Waals surface area contributed by atoms with Gasteiger partial charge in [-0.2, -0.15) is 13.2 Å². The third-order valence-corrected chi connectivity index (χ3v) is 6.77. The van der Waals surface area contributed by atoms with Crippen molar-refractivity contribution in [3.05, 3.63) is 106 Å².